The van der Waals surface area contributed by atoms with Crippen LogP contribution in [0.25, 0.3) is 0 Å². The van der Waals surface area contributed by atoms with Gasteiger partial charge in [0.25, 0.3) is 0 Å². The van der Waals surface area contributed by atoms with Crippen LogP contribution >= 0.6 is 0 Å². The van der Waals surface area contributed by atoms with Crippen LogP contribution < -0.4 is 0 Å². The van der Waals surface area contributed by atoms with Gasteiger partial charge in [-0.3, -0.25) is 4.90 Å². The predicted octanol–water partition coefficient (Wildman–Crippen LogP) is 4.75. The summed E-state index contributed by atoms with van der Waals surface area (Å²) in [5, 5.41) is 0. The van der Waals surface area contributed by atoms with Gasteiger partial charge in [-0.25, -0.2) is 0 Å². The first kappa shape index (κ1) is 24.1. The second-order valence-electron chi connectivity index (χ2n) is 9.92. The SMILES string of the molecule is COCCN(CCOC)CC(C)(C)C(=C[Si](C)(C)C)C[Si](C)(C)C. The van der Waals surface area contributed by atoms with Crippen LogP contribution in [0.1, 0.15) is 13.8 Å². The van der Waals surface area contributed by atoms with Crippen molar-refractivity contribution >= 4 is 16.1 Å². The highest BCUT2D eigenvalue weighted by Crippen LogP contribution is 2.35. The van der Waals surface area contributed by atoms with Gasteiger partial charge in [0.2, 0.25) is 0 Å². The highest BCUT2D eigenvalue weighted by molar-refractivity contribution is 6.81. The molecule has 5 heteroatoms. The molecule has 0 saturated carbocycles. The molecule has 0 amide bonds. The monoisotopic (exact) mass is 373 g/mol. The topological polar surface area (TPSA) is 21.7 Å². The van der Waals surface area contributed by atoms with Crippen LogP contribution in [0, 0.1) is 5.41 Å². The Labute approximate surface area is 153 Å². The lowest BCUT2D eigenvalue weighted by Crippen LogP contribution is -2.41. The molecule has 0 bridgehead atoms. The van der Waals surface area contributed by atoms with Crippen molar-refractivity contribution in [1.29, 1.82) is 0 Å². The quantitative estimate of drug-likeness (QED) is 0.461. The Hall–Kier alpha value is 0.0538. The van der Waals surface area contributed by atoms with Gasteiger partial charge in [-0.15, -0.1) is 0 Å². The van der Waals surface area contributed by atoms with E-state index in [1.54, 1.807) is 19.8 Å². The van der Waals surface area contributed by atoms with Gasteiger partial charge < -0.3 is 9.47 Å². The Bertz CT molecular complexity index is 374. The highest BCUT2D eigenvalue weighted by Gasteiger charge is 2.31. The molecule has 24 heavy (non-hydrogen) atoms. The summed E-state index contributed by atoms with van der Waals surface area (Å²) in [6.45, 7) is 24.2. The van der Waals surface area contributed by atoms with Gasteiger partial charge >= 0.3 is 0 Å². The number of ether oxygens (including phenoxy) is 2. The van der Waals surface area contributed by atoms with E-state index in [0.717, 1.165) is 32.8 Å². The third kappa shape index (κ3) is 11.6. The maximum atomic E-state index is 5.31. The Morgan fingerprint density at radius 2 is 1.38 bits per heavy atom. The van der Waals surface area contributed by atoms with E-state index in [9.17, 15) is 0 Å². The van der Waals surface area contributed by atoms with Crippen LogP contribution in [0.2, 0.25) is 45.3 Å². The molecule has 0 radical (unpaired) electrons. The molecule has 0 atom stereocenters. The number of nitrogens with zero attached hydrogens (tertiary/aromatic N) is 1. The van der Waals surface area contributed by atoms with E-state index in [2.05, 4.69) is 63.7 Å². The Morgan fingerprint density at radius 1 is 0.917 bits per heavy atom. The average Bonchev–Trinajstić information content (AvgIpc) is 2.37. The summed E-state index contributed by atoms with van der Waals surface area (Å²) >= 11 is 0. The summed E-state index contributed by atoms with van der Waals surface area (Å²) in [5.41, 5.74) is 4.54. The van der Waals surface area contributed by atoms with Crippen molar-refractivity contribution in [2.75, 3.05) is 47.1 Å². The molecule has 0 aromatic heterocycles. The second-order valence-corrected chi connectivity index (χ2v) is 20.4. The summed E-state index contributed by atoms with van der Waals surface area (Å²) in [6.07, 6.45) is 0. The summed E-state index contributed by atoms with van der Waals surface area (Å²) in [5.74, 6) is 0. The van der Waals surface area contributed by atoms with Crippen molar-refractivity contribution in [3.63, 3.8) is 0 Å². The molecule has 0 fully saturated rings. The van der Waals surface area contributed by atoms with Gasteiger partial charge in [-0.05, 0) is 11.5 Å². The minimum absolute atomic E-state index is 0.196. The summed E-state index contributed by atoms with van der Waals surface area (Å²) in [7, 11) is 1.17. The molecule has 0 unspecified atom stereocenters. The zero-order chi connectivity index (χ0) is 19.0. The first-order chi connectivity index (χ1) is 10.8. The van der Waals surface area contributed by atoms with Crippen molar-refractivity contribution in [3.05, 3.63) is 11.3 Å². The number of hydrogen-bond donors (Lipinski definition) is 0. The molecule has 3 nitrogen and oxygen atoms in total. The molecule has 0 saturated heterocycles. The fraction of sp³-hybridized carbons (Fsp3) is 0.895. The molecule has 0 heterocycles. The Kier molecular flexibility index (Phi) is 10.3. The highest BCUT2D eigenvalue weighted by atomic mass is 28.3. The van der Waals surface area contributed by atoms with Gasteiger partial charge in [0, 0.05) is 41.9 Å². The standard InChI is InChI=1S/C19H43NO2Si2/c1-19(2,17-20(11-13-21-3)12-14-22-4)18(15-23(5,6)7)16-24(8,9)10/h15H,11-14,16-17H2,1-10H3. The van der Waals surface area contributed by atoms with Gasteiger partial charge in [-0.1, -0.05) is 64.4 Å². The van der Waals surface area contributed by atoms with Gasteiger partial charge in [0.1, 0.15) is 0 Å². The lowest BCUT2D eigenvalue weighted by atomic mass is 9.85. The molecular formula is C19H43NO2Si2. The Balaban J connectivity index is 5.34. The molecule has 0 spiro atoms. The van der Waals surface area contributed by atoms with Crippen LogP contribution in [0.15, 0.2) is 11.3 Å². The molecule has 0 aromatic rings. The summed E-state index contributed by atoms with van der Waals surface area (Å²) < 4.78 is 10.6. The zero-order valence-corrected chi connectivity index (χ0v) is 20.1. The number of rotatable bonds is 12. The minimum Gasteiger partial charge on any atom is -0.383 e. The van der Waals surface area contributed by atoms with Crippen LogP contribution in [-0.4, -0.2) is 68.1 Å². The lowest BCUT2D eigenvalue weighted by molar-refractivity contribution is 0.0960. The maximum absolute atomic E-state index is 5.31. The first-order valence-electron chi connectivity index (χ1n) is 9.23. The van der Waals surface area contributed by atoms with Crippen molar-refractivity contribution in [2.45, 2.75) is 59.2 Å². The summed E-state index contributed by atoms with van der Waals surface area (Å²) in [6, 6.07) is 1.30. The molecule has 144 valence electrons. The summed E-state index contributed by atoms with van der Waals surface area (Å²) in [4.78, 5) is 2.50. The smallest absolute Gasteiger partial charge is 0.0686 e. The van der Waals surface area contributed by atoms with Crippen molar-refractivity contribution in [3.8, 4) is 0 Å². The minimum atomic E-state index is -1.24. The van der Waals surface area contributed by atoms with Crippen molar-refractivity contribution in [2.24, 2.45) is 5.41 Å². The van der Waals surface area contributed by atoms with Crippen LogP contribution in [-0.2, 0) is 9.47 Å². The zero-order valence-electron chi connectivity index (χ0n) is 18.1. The Morgan fingerprint density at radius 3 is 1.71 bits per heavy atom. The van der Waals surface area contributed by atoms with Gasteiger partial charge in [0.05, 0.1) is 21.3 Å². The number of hydrogen-bond acceptors (Lipinski definition) is 3. The van der Waals surface area contributed by atoms with E-state index >= 15 is 0 Å². The van der Waals surface area contributed by atoms with E-state index in [4.69, 9.17) is 9.47 Å². The first-order valence-corrected chi connectivity index (χ1v) is 16.5. The molecule has 0 N–H and O–H groups in total. The largest absolute Gasteiger partial charge is 0.383 e. The predicted molar refractivity (Wildman–Crippen MR) is 114 cm³/mol. The van der Waals surface area contributed by atoms with Crippen LogP contribution in [0.5, 0.6) is 0 Å². The lowest BCUT2D eigenvalue weighted by Gasteiger charge is -2.38. The van der Waals surface area contributed by atoms with Gasteiger partial charge in [0.15, 0.2) is 0 Å². The van der Waals surface area contributed by atoms with Crippen LogP contribution in [0.3, 0.4) is 0 Å². The average molecular weight is 374 g/mol. The van der Waals surface area contributed by atoms with Crippen LogP contribution in [0.4, 0.5) is 0 Å². The fourth-order valence-corrected chi connectivity index (χ4v) is 6.42. The second kappa shape index (κ2) is 10.3. The van der Waals surface area contributed by atoms with E-state index in [-0.39, 0.29) is 5.41 Å². The number of methoxy groups -OCH3 is 2. The third-order valence-corrected chi connectivity index (χ3v) is 6.70. The molecule has 0 aliphatic carbocycles. The fourth-order valence-electron chi connectivity index (χ4n) is 2.95. The van der Waals surface area contributed by atoms with E-state index in [1.807, 2.05) is 0 Å². The third-order valence-electron chi connectivity index (χ3n) is 4.04. The van der Waals surface area contributed by atoms with Gasteiger partial charge in [-0.2, -0.15) is 0 Å². The van der Waals surface area contributed by atoms with E-state index in [0.29, 0.717) is 0 Å². The van der Waals surface area contributed by atoms with Crippen molar-refractivity contribution in [1.82, 2.24) is 4.90 Å². The molecule has 0 rings (SSSR count). The normalized spacial score (nSPS) is 14.5. The molecular weight excluding hydrogens is 330 g/mol. The molecule has 0 aromatic carbocycles. The van der Waals surface area contributed by atoms with E-state index in [1.165, 1.54) is 6.04 Å². The molecule has 0 aliphatic rings. The van der Waals surface area contributed by atoms with Crippen molar-refractivity contribution < 1.29 is 9.47 Å². The van der Waals surface area contributed by atoms with E-state index < -0.39 is 16.1 Å². The maximum Gasteiger partial charge on any atom is 0.0686 e. The molecule has 0 aliphatic heterocycles.